The number of anilines is 2. The number of fused-ring (bicyclic) bond motifs is 1. The highest BCUT2D eigenvalue weighted by Crippen LogP contribution is 2.32. The molecule has 0 saturated carbocycles. The fourth-order valence-corrected chi connectivity index (χ4v) is 3.27. The Morgan fingerprint density at radius 1 is 1.04 bits per heavy atom. The van der Waals surface area contributed by atoms with Crippen molar-refractivity contribution in [3.05, 3.63) is 53.9 Å². The molecule has 5 nitrogen and oxygen atoms in total. The first-order chi connectivity index (χ1) is 11.3. The molecule has 0 N–H and O–H groups in total. The zero-order chi connectivity index (χ0) is 15.6. The van der Waals surface area contributed by atoms with Gasteiger partial charge < -0.3 is 14.5 Å². The fraction of sp³-hybridized carbons (Fsp3) is 0.333. The van der Waals surface area contributed by atoms with Crippen molar-refractivity contribution in [3.63, 3.8) is 0 Å². The molecular formula is C18H19N3O2. The standard InChI is InChI=1S/C18H19N3O2/c22-18(14-3-6-19-7-4-14)21-8-5-15-13-16(1-2-17(15)21)20-9-11-23-12-10-20/h1-4,6-7,13H,5,8-12H2. The Morgan fingerprint density at radius 2 is 1.83 bits per heavy atom. The van der Waals surface area contributed by atoms with Crippen molar-refractivity contribution in [2.24, 2.45) is 0 Å². The summed E-state index contributed by atoms with van der Waals surface area (Å²) in [6.07, 6.45) is 4.22. The van der Waals surface area contributed by atoms with Crippen LogP contribution in [0.5, 0.6) is 0 Å². The summed E-state index contributed by atoms with van der Waals surface area (Å²) in [6, 6.07) is 9.94. The molecule has 5 heteroatoms. The van der Waals surface area contributed by atoms with Crippen LogP contribution in [0.1, 0.15) is 15.9 Å². The Kier molecular flexibility index (Phi) is 3.71. The van der Waals surface area contributed by atoms with Crippen molar-refractivity contribution < 1.29 is 9.53 Å². The van der Waals surface area contributed by atoms with Crippen LogP contribution in [0.2, 0.25) is 0 Å². The lowest BCUT2D eigenvalue weighted by Gasteiger charge is -2.29. The van der Waals surface area contributed by atoms with Crippen molar-refractivity contribution in [2.75, 3.05) is 42.6 Å². The Hall–Kier alpha value is -2.40. The van der Waals surface area contributed by atoms with Crippen LogP contribution in [0.3, 0.4) is 0 Å². The van der Waals surface area contributed by atoms with E-state index in [2.05, 4.69) is 28.1 Å². The molecule has 2 aliphatic heterocycles. The van der Waals surface area contributed by atoms with E-state index >= 15 is 0 Å². The van der Waals surface area contributed by atoms with Gasteiger partial charge in [-0.25, -0.2) is 0 Å². The number of carbonyl (C=O) groups excluding carboxylic acids is 1. The van der Waals surface area contributed by atoms with Gasteiger partial charge >= 0.3 is 0 Å². The van der Waals surface area contributed by atoms with E-state index in [1.54, 1.807) is 24.5 Å². The molecule has 3 heterocycles. The van der Waals surface area contributed by atoms with Crippen LogP contribution in [0.4, 0.5) is 11.4 Å². The van der Waals surface area contributed by atoms with Gasteiger partial charge in [-0.3, -0.25) is 9.78 Å². The summed E-state index contributed by atoms with van der Waals surface area (Å²) in [7, 11) is 0. The third kappa shape index (κ3) is 2.68. The molecule has 0 spiro atoms. The average molecular weight is 309 g/mol. The van der Waals surface area contributed by atoms with E-state index in [1.165, 1.54) is 11.3 Å². The molecule has 0 radical (unpaired) electrons. The number of nitrogens with zero attached hydrogens (tertiary/aromatic N) is 3. The molecule has 0 atom stereocenters. The van der Waals surface area contributed by atoms with Crippen molar-refractivity contribution in [3.8, 4) is 0 Å². The van der Waals surface area contributed by atoms with Gasteiger partial charge in [0.2, 0.25) is 0 Å². The molecule has 0 unspecified atom stereocenters. The summed E-state index contributed by atoms with van der Waals surface area (Å²) in [4.78, 5) is 20.9. The maximum atomic E-state index is 12.7. The maximum Gasteiger partial charge on any atom is 0.258 e. The maximum absolute atomic E-state index is 12.7. The van der Waals surface area contributed by atoms with Crippen LogP contribution in [-0.2, 0) is 11.2 Å². The van der Waals surface area contributed by atoms with E-state index < -0.39 is 0 Å². The van der Waals surface area contributed by atoms with Crippen LogP contribution < -0.4 is 9.80 Å². The number of morpholine rings is 1. The Morgan fingerprint density at radius 3 is 2.61 bits per heavy atom. The van der Waals surface area contributed by atoms with Crippen molar-refractivity contribution in [2.45, 2.75) is 6.42 Å². The van der Waals surface area contributed by atoms with Crippen molar-refractivity contribution in [1.82, 2.24) is 4.98 Å². The molecule has 1 aromatic carbocycles. The van der Waals surface area contributed by atoms with Crippen LogP contribution in [0.15, 0.2) is 42.7 Å². The third-order valence-corrected chi connectivity index (χ3v) is 4.51. The third-order valence-electron chi connectivity index (χ3n) is 4.51. The summed E-state index contributed by atoms with van der Waals surface area (Å²) in [6.45, 7) is 4.16. The summed E-state index contributed by atoms with van der Waals surface area (Å²) >= 11 is 0. The number of ether oxygens (including phenoxy) is 1. The predicted molar refractivity (Wildman–Crippen MR) is 89.1 cm³/mol. The minimum atomic E-state index is 0.0465. The van der Waals surface area contributed by atoms with Gasteiger partial charge in [0.05, 0.1) is 13.2 Å². The molecule has 0 bridgehead atoms. The van der Waals surface area contributed by atoms with E-state index in [-0.39, 0.29) is 5.91 Å². The average Bonchev–Trinajstić information content (AvgIpc) is 3.05. The predicted octanol–water partition coefficient (Wildman–Crippen LogP) is 2.12. The van der Waals surface area contributed by atoms with Crippen LogP contribution >= 0.6 is 0 Å². The number of hydrogen-bond acceptors (Lipinski definition) is 4. The van der Waals surface area contributed by atoms with Crippen LogP contribution in [0, 0.1) is 0 Å². The first-order valence-electron chi connectivity index (χ1n) is 8.00. The van der Waals surface area contributed by atoms with Gasteiger partial charge in [-0.2, -0.15) is 0 Å². The number of benzene rings is 1. The summed E-state index contributed by atoms with van der Waals surface area (Å²) < 4.78 is 5.41. The molecule has 1 aromatic heterocycles. The Balaban J connectivity index is 1.59. The normalized spacial score (nSPS) is 17.2. The minimum absolute atomic E-state index is 0.0465. The lowest BCUT2D eigenvalue weighted by atomic mass is 10.1. The Labute approximate surface area is 135 Å². The number of hydrogen-bond donors (Lipinski definition) is 0. The zero-order valence-electron chi connectivity index (χ0n) is 12.9. The van der Waals surface area contributed by atoms with E-state index in [9.17, 15) is 4.79 Å². The molecule has 2 aromatic rings. The first-order valence-corrected chi connectivity index (χ1v) is 8.00. The molecule has 23 heavy (non-hydrogen) atoms. The Bertz CT molecular complexity index is 711. The molecule has 1 amide bonds. The molecule has 4 rings (SSSR count). The highest BCUT2D eigenvalue weighted by molar-refractivity contribution is 6.07. The molecular weight excluding hydrogens is 290 g/mol. The van der Waals surface area contributed by atoms with Crippen LogP contribution in [-0.4, -0.2) is 43.7 Å². The lowest BCUT2D eigenvalue weighted by Crippen LogP contribution is -2.36. The smallest absolute Gasteiger partial charge is 0.258 e. The van der Waals surface area contributed by atoms with Crippen LogP contribution in [0.25, 0.3) is 0 Å². The highest BCUT2D eigenvalue weighted by atomic mass is 16.5. The second-order valence-corrected chi connectivity index (χ2v) is 5.86. The number of amides is 1. The second-order valence-electron chi connectivity index (χ2n) is 5.86. The quantitative estimate of drug-likeness (QED) is 0.852. The van der Waals surface area contributed by atoms with Gasteiger partial charge in [0.25, 0.3) is 5.91 Å². The largest absolute Gasteiger partial charge is 0.378 e. The fourth-order valence-electron chi connectivity index (χ4n) is 3.27. The van der Waals surface area contributed by atoms with Gasteiger partial charge in [-0.15, -0.1) is 0 Å². The summed E-state index contributed by atoms with van der Waals surface area (Å²) in [5.74, 6) is 0.0465. The van der Waals surface area contributed by atoms with Crippen molar-refractivity contribution in [1.29, 1.82) is 0 Å². The minimum Gasteiger partial charge on any atom is -0.378 e. The summed E-state index contributed by atoms with van der Waals surface area (Å²) in [5.41, 5.74) is 4.19. The number of pyridine rings is 1. The lowest BCUT2D eigenvalue weighted by molar-refractivity contribution is 0.0989. The van der Waals surface area contributed by atoms with Crippen molar-refractivity contribution >= 4 is 17.3 Å². The molecule has 1 saturated heterocycles. The molecule has 118 valence electrons. The first kappa shape index (κ1) is 14.2. The summed E-state index contributed by atoms with van der Waals surface area (Å²) in [5, 5.41) is 0. The second kappa shape index (κ2) is 6.01. The number of rotatable bonds is 2. The number of carbonyl (C=O) groups is 1. The zero-order valence-corrected chi connectivity index (χ0v) is 12.9. The van der Waals surface area contributed by atoms with Gasteiger partial charge in [-0.05, 0) is 42.3 Å². The van der Waals surface area contributed by atoms with Gasteiger partial charge in [0.15, 0.2) is 0 Å². The SMILES string of the molecule is O=C(c1ccncc1)N1CCc2cc(N3CCOCC3)ccc21. The van der Waals surface area contributed by atoms with Gasteiger partial charge in [0.1, 0.15) is 0 Å². The molecule has 1 fully saturated rings. The van der Waals surface area contributed by atoms with E-state index in [4.69, 9.17) is 4.74 Å². The monoisotopic (exact) mass is 309 g/mol. The molecule has 0 aliphatic carbocycles. The molecule has 2 aliphatic rings. The van der Waals surface area contributed by atoms with E-state index in [0.717, 1.165) is 45.0 Å². The topological polar surface area (TPSA) is 45.7 Å². The highest BCUT2D eigenvalue weighted by Gasteiger charge is 2.26. The van der Waals surface area contributed by atoms with E-state index in [0.29, 0.717) is 5.56 Å². The number of aromatic nitrogens is 1. The van der Waals surface area contributed by atoms with Gasteiger partial charge in [-0.1, -0.05) is 0 Å². The van der Waals surface area contributed by atoms with E-state index in [1.807, 2.05) is 4.90 Å². The van der Waals surface area contributed by atoms with Gasteiger partial charge in [0, 0.05) is 49.0 Å².